The van der Waals surface area contributed by atoms with Crippen molar-refractivity contribution in [3.63, 3.8) is 0 Å². The molecule has 0 atom stereocenters. The van der Waals surface area contributed by atoms with Gasteiger partial charge in [-0.2, -0.15) is 0 Å². The number of nitro groups is 1. The van der Waals surface area contributed by atoms with Crippen molar-refractivity contribution in [2.45, 2.75) is 6.61 Å². The van der Waals surface area contributed by atoms with Gasteiger partial charge in [0.05, 0.1) is 17.1 Å². The maximum Gasteiger partial charge on any atom is 0.270 e. The highest BCUT2D eigenvalue weighted by Gasteiger charge is 2.20. The Labute approximate surface area is 139 Å². The predicted octanol–water partition coefficient (Wildman–Crippen LogP) is 4.17. The zero-order valence-corrected chi connectivity index (χ0v) is 13.4. The molecule has 1 N–H and O–H groups in total. The van der Waals surface area contributed by atoms with Crippen molar-refractivity contribution in [1.82, 2.24) is 5.16 Å². The first-order valence-electron chi connectivity index (χ1n) is 6.70. The first-order chi connectivity index (χ1) is 11.1. The fourth-order valence-corrected chi connectivity index (χ4v) is 2.71. The minimum Gasteiger partial charge on any atom is -0.391 e. The van der Waals surface area contributed by atoms with Crippen LogP contribution in [0.15, 0.2) is 57.5 Å². The number of halogens is 1. The van der Waals surface area contributed by atoms with Gasteiger partial charge in [-0.3, -0.25) is 10.1 Å². The average molecular weight is 375 g/mol. The first kappa shape index (κ1) is 15.4. The van der Waals surface area contributed by atoms with Gasteiger partial charge in [-0.1, -0.05) is 45.4 Å². The van der Waals surface area contributed by atoms with Crippen molar-refractivity contribution in [3.05, 3.63) is 68.7 Å². The Bertz CT molecular complexity index is 876. The van der Waals surface area contributed by atoms with Crippen LogP contribution in [0.1, 0.15) is 5.56 Å². The Morgan fingerprint density at radius 1 is 1.17 bits per heavy atom. The Balaban J connectivity index is 2.12. The molecule has 0 radical (unpaired) electrons. The molecule has 3 rings (SSSR count). The van der Waals surface area contributed by atoms with E-state index in [1.807, 2.05) is 24.3 Å². The van der Waals surface area contributed by atoms with Crippen LogP contribution in [-0.2, 0) is 6.61 Å². The van der Waals surface area contributed by atoms with Gasteiger partial charge in [0, 0.05) is 27.7 Å². The second-order valence-corrected chi connectivity index (χ2v) is 5.73. The molecule has 0 saturated carbocycles. The second kappa shape index (κ2) is 6.31. The van der Waals surface area contributed by atoms with Gasteiger partial charge >= 0.3 is 0 Å². The van der Waals surface area contributed by atoms with Crippen LogP contribution in [0.2, 0.25) is 0 Å². The van der Waals surface area contributed by atoms with E-state index in [1.165, 1.54) is 12.1 Å². The molecule has 1 heterocycles. The largest absolute Gasteiger partial charge is 0.391 e. The summed E-state index contributed by atoms with van der Waals surface area (Å²) in [7, 11) is 0. The molecule has 1 aromatic heterocycles. The van der Waals surface area contributed by atoms with E-state index in [4.69, 9.17) is 4.52 Å². The number of aliphatic hydroxyl groups is 1. The zero-order valence-electron chi connectivity index (χ0n) is 11.8. The van der Waals surface area contributed by atoms with Crippen LogP contribution in [-0.4, -0.2) is 15.2 Å². The molecule has 0 aliphatic rings. The van der Waals surface area contributed by atoms with E-state index in [0.29, 0.717) is 22.6 Å². The predicted molar refractivity (Wildman–Crippen MR) is 87.7 cm³/mol. The topological polar surface area (TPSA) is 89.4 Å². The molecule has 0 bridgehead atoms. The summed E-state index contributed by atoms with van der Waals surface area (Å²) in [5, 5.41) is 24.6. The number of aromatic nitrogens is 1. The SMILES string of the molecule is O=[N+]([O-])c1cccc(-c2noc(-c3cccc(Br)c3)c2CO)c1. The molecule has 7 heteroatoms. The van der Waals surface area contributed by atoms with Gasteiger partial charge < -0.3 is 9.63 Å². The van der Waals surface area contributed by atoms with Crippen LogP contribution in [0.25, 0.3) is 22.6 Å². The summed E-state index contributed by atoms with van der Waals surface area (Å²) in [6, 6.07) is 13.5. The highest BCUT2D eigenvalue weighted by molar-refractivity contribution is 9.10. The quantitative estimate of drug-likeness (QED) is 0.546. The van der Waals surface area contributed by atoms with Gasteiger partial charge in [0.2, 0.25) is 0 Å². The van der Waals surface area contributed by atoms with Crippen molar-refractivity contribution < 1.29 is 14.6 Å². The molecule has 23 heavy (non-hydrogen) atoms. The summed E-state index contributed by atoms with van der Waals surface area (Å²) in [4.78, 5) is 10.4. The normalized spacial score (nSPS) is 10.7. The van der Waals surface area contributed by atoms with Crippen LogP contribution in [0.5, 0.6) is 0 Å². The lowest BCUT2D eigenvalue weighted by Gasteiger charge is -2.02. The molecular formula is C16H11BrN2O4. The minimum atomic E-state index is -0.475. The van der Waals surface area contributed by atoms with E-state index in [1.54, 1.807) is 12.1 Å². The smallest absolute Gasteiger partial charge is 0.270 e. The van der Waals surface area contributed by atoms with Crippen LogP contribution < -0.4 is 0 Å². The first-order valence-corrected chi connectivity index (χ1v) is 7.49. The number of benzene rings is 2. The molecule has 3 aromatic rings. The highest BCUT2D eigenvalue weighted by atomic mass is 79.9. The van der Waals surface area contributed by atoms with Crippen LogP contribution in [0.3, 0.4) is 0 Å². The molecule has 0 aliphatic heterocycles. The molecule has 0 fully saturated rings. The third kappa shape index (κ3) is 3.01. The van der Waals surface area contributed by atoms with Crippen molar-refractivity contribution in [1.29, 1.82) is 0 Å². The molecule has 0 unspecified atom stereocenters. The molecule has 2 aromatic carbocycles. The van der Waals surface area contributed by atoms with E-state index in [9.17, 15) is 15.2 Å². The van der Waals surface area contributed by atoms with Gasteiger partial charge in [0.1, 0.15) is 5.69 Å². The molecule has 116 valence electrons. The number of hydrogen-bond donors (Lipinski definition) is 1. The van der Waals surface area contributed by atoms with Gasteiger partial charge in [0.15, 0.2) is 5.76 Å². The molecule has 0 saturated heterocycles. The summed E-state index contributed by atoms with van der Waals surface area (Å²) in [5.74, 6) is 0.440. The average Bonchev–Trinajstić information content (AvgIpc) is 2.99. The standard InChI is InChI=1S/C16H11BrN2O4/c17-12-5-1-4-11(7-12)16-14(9-20)15(18-23-16)10-3-2-6-13(8-10)19(21)22/h1-8,20H,9H2. The van der Waals surface area contributed by atoms with Gasteiger partial charge in [0.25, 0.3) is 5.69 Å². The van der Waals surface area contributed by atoms with Crippen LogP contribution in [0.4, 0.5) is 5.69 Å². The minimum absolute atomic E-state index is 0.0432. The van der Waals surface area contributed by atoms with E-state index in [0.717, 1.165) is 10.0 Å². The molecule has 6 nitrogen and oxygen atoms in total. The van der Waals surface area contributed by atoms with Crippen molar-refractivity contribution in [2.24, 2.45) is 0 Å². The Morgan fingerprint density at radius 2 is 1.91 bits per heavy atom. The molecular weight excluding hydrogens is 364 g/mol. The van der Waals surface area contributed by atoms with Gasteiger partial charge in [-0.15, -0.1) is 0 Å². The zero-order chi connectivity index (χ0) is 16.4. The van der Waals surface area contributed by atoms with Crippen molar-refractivity contribution >= 4 is 21.6 Å². The van der Waals surface area contributed by atoms with Crippen LogP contribution >= 0.6 is 15.9 Å². The summed E-state index contributed by atoms with van der Waals surface area (Å²) < 4.78 is 6.25. The number of nitrogens with zero attached hydrogens (tertiary/aromatic N) is 2. The number of hydrogen-bond acceptors (Lipinski definition) is 5. The van der Waals surface area contributed by atoms with E-state index in [2.05, 4.69) is 21.1 Å². The van der Waals surface area contributed by atoms with Crippen molar-refractivity contribution in [3.8, 4) is 22.6 Å². The monoisotopic (exact) mass is 374 g/mol. The van der Waals surface area contributed by atoms with E-state index < -0.39 is 4.92 Å². The maximum atomic E-state index is 10.9. The van der Waals surface area contributed by atoms with E-state index in [-0.39, 0.29) is 12.3 Å². The number of nitro benzene ring substituents is 1. The number of rotatable bonds is 4. The van der Waals surface area contributed by atoms with Gasteiger partial charge in [-0.25, -0.2) is 0 Å². The molecule has 0 amide bonds. The fourth-order valence-electron chi connectivity index (χ4n) is 2.31. The third-order valence-electron chi connectivity index (χ3n) is 3.36. The fraction of sp³-hybridized carbons (Fsp3) is 0.0625. The molecule has 0 spiro atoms. The summed E-state index contributed by atoms with van der Waals surface area (Å²) in [6.45, 7) is -0.288. The Kier molecular flexibility index (Phi) is 4.22. The Morgan fingerprint density at radius 3 is 2.61 bits per heavy atom. The van der Waals surface area contributed by atoms with E-state index >= 15 is 0 Å². The lowest BCUT2D eigenvalue weighted by molar-refractivity contribution is -0.384. The number of non-ortho nitro benzene ring substituents is 1. The number of aliphatic hydroxyl groups excluding tert-OH is 1. The third-order valence-corrected chi connectivity index (χ3v) is 3.86. The summed E-state index contributed by atoms with van der Waals surface area (Å²) in [5.41, 5.74) is 2.12. The highest BCUT2D eigenvalue weighted by Crippen LogP contribution is 2.34. The summed E-state index contributed by atoms with van der Waals surface area (Å²) >= 11 is 3.38. The van der Waals surface area contributed by atoms with Crippen LogP contribution in [0, 0.1) is 10.1 Å². The second-order valence-electron chi connectivity index (χ2n) is 4.81. The summed E-state index contributed by atoms with van der Waals surface area (Å²) in [6.07, 6.45) is 0. The maximum absolute atomic E-state index is 10.9. The Hall–Kier alpha value is -2.51. The molecule has 0 aliphatic carbocycles. The lowest BCUT2D eigenvalue weighted by atomic mass is 10.0. The van der Waals surface area contributed by atoms with Crippen molar-refractivity contribution in [2.75, 3.05) is 0 Å². The lowest BCUT2D eigenvalue weighted by Crippen LogP contribution is -1.91. The van der Waals surface area contributed by atoms with Gasteiger partial charge in [-0.05, 0) is 12.1 Å².